The molecule has 1 N–H and O–H groups in total. The average molecular weight is 651 g/mol. The first-order chi connectivity index (χ1) is 18.5. The molecule has 202 valence electrons. The zero-order chi connectivity index (χ0) is 28.3. The molecule has 0 bridgehead atoms. The maximum atomic E-state index is 13.4. The Morgan fingerprint density at radius 2 is 1.92 bits per heavy atom. The smallest absolute Gasteiger partial charge is 0.416 e. The third-order valence-corrected chi connectivity index (χ3v) is 6.30. The van der Waals surface area contributed by atoms with E-state index in [9.17, 15) is 27.9 Å². The predicted molar refractivity (Wildman–Crippen MR) is 147 cm³/mol. The third-order valence-electron chi connectivity index (χ3n) is 5.50. The fraction of sp³-hybridized carbons (Fsp3) is 0.185. The summed E-state index contributed by atoms with van der Waals surface area (Å²) in [6.45, 7) is 3.40. The SMILES string of the molecule is CCOc1cc(C=Nn2c(-c3cccc(C(F)(F)F)c3)nc3ccccc3c2=O)cc(I)c1O[C@H](C)C(=O)O. The normalized spacial score (nSPS) is 12.6. The zero-order valence-electron chi connectivity index (χ0n) is 20.6. The highest BCUT2D eigenvalue weighted by molar-refractivity contribution is 14.1. The number of carbonyl (C=O) groups is 1. The number of hydrogen-bond donors (Lipinski definition) is 1. The maximum Gasteiger partial charge on any atom is 0.416 e. The highest BCUT2D eigenvalue weighted by Gasteiger charge is 2.31. The molecular weight excluding hydrogens is 630 g/mol. The predicted octanol–water partition coefficient (Wildman–Crippen LogP) is 5.82. The van der Waals surface area contributed by atoms with Crippen LogP contribution in [0.15, 0.2) is 70.6 Å². The van der Waals surface area contributed by atoms with Crippen LogP contribution in [0.25, 0.3) is 22.3 Å². The van der Waals surface area contributed by atoms with Crippen LogP contribution >= 0.6 is 22.6 Å². The Morgan fingerprint density at radius 1 is 1.18 bits per heavy atom. The molecule has 12 heteroatoms. The van der Waals surface area contributed by atoms with Crippen molar-refractivity contribution in [3.63, 3.8) is 0 Å². The quantitative estimate of drug-likeness (QED) is 0.190. The molecule has 39 heavy (non-hydrogen) atoms. The number of nitrogens with zero attached hydrogens (tertiary/aromatic N) is 3. The van der Waals surface area contributed by atoms with E-state index in [-0.39, 0.29) is 34.9 Å². The van der Waals surface area contributed by atoms with Crippen molar-refractivity contribution in [3.05, 3.63) is 85.7 Å². The highest BCUT2D eigenvalue weighted by Crippen LogP contribution is 2.35. The first kappa shape index (κ1) is 28.1. The van der Waals surface area contributed by atoms with Gasteiger partial charge < -0.3 is 14.6 Å². The zero-order valence-corrected chi connectivity index (χ0v) is 22.7. The molecule has 0 saturated carbocycles. The summed E-state index contributed by atoms with van der Waals surface area (Å²) in [6, 6.07) is 14.2. The van der Waals surface area contributed by atoms with Gasteiger partial charge >= 0.3 is 12.1 Å². The van der Waals surface area contributed by atoms with E-state index < -0.39 is 29.4 Å². The van der Waals surface area contributed by atoms with Gasteiger partial charge in [-0.05, 0) is 78.4 Å². The molecule has 3 aromatic carbocycles. The first-order valence-corrected chi connectivity index (χ1v) is 12.7. The van der Waals surface area contributed by atoms with E-state index in [0.717, 1.165) is 16.8 Å². The van der Waals surface area contributed by atoms with E-state index in [1.54, 1.807) is 43.3 Å². The lowest BCUT2D eigenvalue weighted by molar-refractivity contribution is -0.144. The number of halogens is 4. The van der Waals surface area contributed by atoms with Crippen LogP contribution in [0.1, 0.15) is 25.0 Å². The fourth-order valence-electron chi connectivity index (χ4n) is 3.64. The van der Waals surface area contributed by atoms with Crippen molar-refractivity contribution < 1.29 is 32.5 Å². The molecule has 0 fully saturated rings. The van der Waals surface area contributed by atoms with Crippen LogP contribution < -0.4 is 15.0 Å². The molecule has 0 saturated heterocycles. The van der Waals surface area contributed by atoms with E-state index in [1.807, 2.05) is 22.6 Å². The van der Waals surface area contributed by atoms with Crippen LogP contribution in [0.3, 0.4) is 0 Å². The van der Waals surface area contributed by atoms with Crippen LogP contribution in [0.2, 0.25) is 0 Å². The van der Waals surface area contributed by atoms with Crippen LogP contribution in [-0.2, 0) is 11.0 Å². The lowest BCUT2D eigenvalue weighted by Gasteiger charge is -2.17. The Hall–Kier alpha value is -3.94. The second-order valence-electron chi connectivity index (χ2n) is 8.25. The molecule has 0 unspecified atom stereocenters. The summed E-state index contributed by atoms with van der Waals surface area (Å²) in [7, 11) is 0. The van der Waals surface area contributed by atoms with Gasteiger partial charge in [-0.3, -0.25) is 4.79 Å². The molecule has 0 radical (unpaired) electrons. The van der Waals surface area contributed by atoms with Crippen molar-refractivity contribution in [2.24, 2.45) is 5.10 Å². The fourth-order valence-corrected chi connectivity index (χ4v) is 4.40. The molecule has 1 atom stereocenters. The number of para-hydroxylation sites is 1. The largest absolute Gasteiger partial charge is 0.490 e. The average Bonchev–Trinajstić information content (AvgIpc) is 2.89. The number of ether oxygens (including phenoxy) is 2. The van der Waals surface area contributed by atoms with E-state index in [0.29, 0.717) is 14.7 Å². The standard InChI is InChI=1S/C27H21F3IN3O5/c1-3-38-22-12-16(11-20(31)23(22)39-15(2)26(36)37)14-32-34-24(17-7-6-8-18(13-17)27(28,29)30)33-21-10-5-4-9-19(21)25(34)35/h4-15H,3H2,1-2H3,(H,36,37)/t15-/m1/s1. The molecule has 4 rings (SSSR count). The van der Waals surface area contributed by atoms with Gasteiger partial charge in [-0.15, -0.1) is 0 Å². The van der Waals surface area contributed by atoms with Gasteiger partial charge in [0, 0.05) is 5.56 Å². The molecule has 1 aromatic heterocycles. The number of carboxylic acids is 1. The molecule has 0 aliphatic heterocycles. The Kier molecular flexibility index (Phi) is 8.23. The molecule has 0 aliphatic carbocycles. The van der Waals surface area contributed by atoms with Crippen LogP contribution in [-0.4, -0.2) is 39.7 Å². The van der Waals surface area contributed by atoms with Crippen LogP contribution in [0.4, 0.5) is 13.2 Å². The van der Waals surface area contributed by atoms with Gasteiger partial charge in [0.15, 0.2) is 23.4 Å². The molecule has 0 aliphatic rings. The number of benzene rings is 3. The Labute approximate surface area is 233 Å². The molecule has 0 spiro atoms. The topological polar surface area (TPSA) is 103 Å². The van der Waals surface area contributed by atoms with Crippen molar-refractivity contribution >= 4 is 45.7 Å². The first-order valence-electron chi connectivity index (χ1n) is 11.6. The second kappa shape index (κ2) is 11.4. The summed E-state index contributed by atoms with van der Waals surface area (Å²) < 4.78 is 52.9. The van der Waals surface area contributed by atoms with Gasteiger partial charge in [0.05, 0.1) is 32.9 Å². The second-order valence-corrected chi connectivity index (χ2v) is 9.42. The lowest BCUT2D eigenvalue weighted by atomic mass is 10.1. The number of carboxylic acid groups (broad SMARTS) is 1. The van der Waals surface area contributed by atoms with E-state index in [1.165, 1.54) is 25.3 Å². The Morgan fingerprint density at radius 3 is 2.62 bits per heavy atom. The third kappa shape index (κ3) is 6.21. The van der Waals surface area contributed by atoms with Crippen LogP contribution in [0.5, 0.6) is 11.5 Å². The summed E-state index contributed by atoms with van der Waals surface area (Å²) in [4.78, 5) is 29.1. The molecule has 8 nitrogen and oxygen atoms in total. The van der Waals surface area contributed by atoms with Crippen LogP contribution in [0, 0.1) is 3.57 Å². The number of aliphatic carboxylic acids is 1. The summed E-state index contributed by atoms with van der Waals surface area (Å²) in [5.41, 5.74) is -0.628. The molecule has 4 aromatic rings. The summed E-state index contributed by atoms with van der Waals surface area (Å²) in [5, 5.41) is 13.7. The van der Waals surface area contributed by atoms with Crippen molar-refractivity contribution in [1.29, 1.82) is 0 Å². The van der Waals surface area contributed by atoms with Crippen molar-refractivity contribution in [2.45, 2.75) is 26.1 Å². The van der Waals surface area contributed by atoms with Gasteiger partial charge in [0.1, 0.15) is 0 Å². The molecular formula is C27H21F3IN3O5. The van der Waals surface area contributed by atoms with E-state index in [4.69, 9.17) is 9.47 Å². The molecule has 1 heterocycles. The summed E-state index contributed by atoms with van der Waals surface area (Å²) in [6.07, 6.45) is -4.38. The number of fused-ring (bicyclic) bond motifs is 1. The van der Waals surface area contributed by atoms with E-state index >= 15 is 0 Å². The van der Waals surface area contributed by atoms with Gasteiger partial charge in [-0.25, -0.2) is 9.78 Å². The number of alkyl halides is 3. The molecule has 0 amide bonds. The Bertz CT molecular complexity index is 1640. The summed E-state index contributed by atoms with van der Waals surface area (Å²) >= 11 is 1.96. The summed E-state index contributed by atoms with van der Waals surface area (Å²) in [5.74, 6) is -0.722. The number of aromatic nitrogens is 2. The Balaban J connectivity index is 1.85. The number of hydrogen-bond acceptors (Lipinski definition) is 6. The monoisotopic (exact) mass is 651 g/mol. The van der Waals surface area contributed by atoms with Gasteiger partial charge in [-0.1, -0.05) is 24.3 Å². The minimum Gasteiger partial charge on any atom is -0.490 e. The van der Waals surface area contributed by atoms with Crippen molar-refractivity contribution in [2.75, 3.05) is 6.61 Å². The lowest BCUT2D eigenvalue weighted by Crippen LogP contribution is -2.23. The van der Waals surface area contributed by atoms with Gasteiger partial charge in [-0.2, -0.15) is 22.9 Å². The van der Waals surface area contributed by atoms with Crippen molar-refractivity contribution in [1.82, 2.24) is 9.66 Å². The van der Waals surface area contributed by atoms with Crippen molar-refractivity contribution in [3.8, 4) is 22.9 Å². The minimum atomic E-state index is -4.59. The minimum absolute atomic E-state index is 0.0563. The highest BCUT2D eigenvalue weighted by atomic mass is 127. The van der Waals surface area contributed by atoms with E-state index in [2.05, 4.69) is 10.1 Å². The number of rotatable bonds is 8. The van der Waals surface area contributed by atoms with Gasteiger partial charge in [0.2, 0.25) is 0 Å². The van der Waals surface area contributed by atoms with Gasteiger partial charge in [0.25, 0.3) is 5.56 Å². The maximum absolute atomic E-state index is 13.4.